The van der Waals surface area contributed by atoms with E-state index in [0.29, 0.717) is 17.7 Å². The van der Waals surface area contributed by atoms with Gasteiger partial charge >= 0.3 is 27.9 Å². The van der Waals surface area contributed by atoms with Crippen LogP contribution in [0.25, 0.3) is 0 Å². The summed E-state index contributed by atoms with van der Waals surface area (Å²) in [4.78, 5) is 12.2. The van der Waals surface area contributed by atoms with Gasteiger partial charge in [-0.15, -0.1) is 0 Å². The molecule has 0 aliphatic carbocycles. The summed E-state index contributed by atoms with van der Waals surface area (Å²) in [5, 5.41) is 2.79. The fraction of sp³-hybridized carbons (Fsp3) is 0.458. The minimum absolute atomic E-state index is 0.0320. The van der Waals surface area contributed by atoms with E-state index in [2.05, 4.69) is 5.32 Å². The fourth-order valence-corrected chi connectivity index (χ4v) is 5.28. The Morgan fingerprint density at radius 1 is 0.976 bits per heavy atom. The van der Waals surface area contributed by atoms with Gasteiger partial charge in [-0.1, -0.05) is 30.3 Å². The second-order valence-corrected chi connectivity index (χ2v) is 11.3. The van der Waals surface area contributed by atoms with E-state index < -0.39 is 87.2 Å². The van der Waals surface area contributed by atoms with Crippen molar-refractivity contribution in [3.8, 4) is 0 Å². The normalized spacial score (nSPS) is 23.3. The lowest BCUT2D eigenvalue weighted by Gasteiger charge is -2.46. The third kappa shape index (κ3) is 7.13. The number of alkyl halides is 9. The van der Waals surface area contributed by atoms with Crippen LogP contribution in [-0.4, -0.2) is 38.5 Å². The highest BCUT2D eigenvalue weighted by Gasteiger charge is 2.55. The van der Waals surface area contributed by atoms with Crippen LogP contribution in [0.5, 0.6) is 0 Å². The van der Waals surface area contributed by atoms with Crippen molar-refractivity contribution in [2.24, 2.45) is 5.73 Å². The van der Waals surface area contributed by atoms with Crippen LogP contribution >= 0.6 is 0 Å². The highest BCUT2D eigenvalue weighted by molar-refractivity contribution is 7.90. The van der Waals surface area contributed by atoms with Crippen LogP contribution in [0.4, 0.5) is 39.5 Å². The molecule has 0 saturated carbocycles. The van der Waals surface area contributed by atoms with Gasteiger partial charge in [0.2, 0.25) is 5.91 Å². The SMILES string of the molecule is C[C@@H](OC[C@@]1(c2ccccc2)CC[C@@](NS(=O)(=O)C(F)(F)F)(C(N)=O)CN1)c1cc(C(F)(F)F)cc(C(F)(F)F)c1. The molecule has 17 heteroatoms. The van der Waals surface area contributed by atoms with E-state index in [1.807, 2.05) is 0 Å². The first-order valence-electron chi connectivity index (χ1n) is 11.7. The number of benzene rings is 2. The standard InChI is InChI=1S/C24H24F9N3O4S/c1-14(15-9-17(22(25,26)27)11-18(10-15)23(28,29)30)40-13-21(16-5-3-2-4-6-16)8-7-20(12-35-21,19(34)37)36-41(38,39)24(31,32)33/h2-6,9-11,14,35-36H,7-8,12-13H2,1H3,(H2,34,37)/t14-,20+,21-/m1/s1. The van der Waals surface area contributed by atoms with Crippen molar-refractivity contribution in [2.45, 2.75) is 54.8 Å². The summed E-state index contributed by atoms with van der Waals surface area (Å²) in [6.07, 6.45) is -12.4. The first-order chi connectivity index (χ1) is 18.6. The number of nitrogens with one attached hydrogen (secondary N) is 2. The van der Waals surface area contributed by atoms with Gasteiger partial charge in [0.25, 0.3) is 0 Å². The Kier molecular flexibility index (Phi) is 8.81. The highest BCUT2D eigenvalue weighted by atomic mass is 32.2. The molecule has 0 spiro atoms. The third-order valence-corrected chi connectivity index (χ3v) is 8.07. The number of piperidine rings is 1. The van der Waals surface area contributed by atoms with Crippen LogP contribution in [0, 0.1) is 0 Å². The van der Waals surface area contributed by atoms with Crippen molar-refractivity contribution < 1.29 is 57.5 Å². The molecule has 0 unspecified atom stereocenters. The van der Waals surface area contributed by atoms with E-state index in [4.69, 9.17) is 10.5 Å². The molecule has 3 rings (SSSR count). The molecule has 1 amide bonds. The number of hydrogen-bond acceptors (Lipinski definition) is 5. The predicted molar refractivity (Wildman–Crippen MR) is 126 cm³/mol. The van der Waals surface area contributed by atoms with Gasteiger partial charge in [0.05, 0.1) is 29.4 Å². The first-order valence-corrected chi connectivity index (χ1v) is 13.2. The summed E-state index contributed by atoms with van der Waals surface area (Å²) in [6.45, 7) is 0.0189. The summed E-state index contributed by atoms with van der Waals surface area (Å²) < 4.78 is 150. The number of primary amides is 1. The number of rotatable bonds is 8. The smallest absolute Gasteiger partial charge is 0.372 e. The Labute approximate surface area is 228 Å². The molecular formula is C24H24F9N3O4S. The lowest BCUT2D eigenvalue weighted by molar-refractivity contribution is -0.143. The van der Waals surface area contributed by atoms with Gasteiger partial charge in [-0.25, -0.2) is 8.42 Å². The number of carbonyl (C=O) groups is 1. The summed E-state index contributed by atoms with van der Waals surface area (Å²) in [7, 11) is -6.00. The minimum Gasteiger partial charge on any atom is -0.372 e. The zero-order valence-electron chi connectivity index (χ0n) is 21.0. The van der Waals surface area contributed by atoms with Crippen LogP contribution in [0.2, 0.25) is 0 Å². The van der Waals surface area contributed by atoms with Crippen molar-refractivity contribution in [2.75, 3.05) is 13.2 Å². The molecule has 1 aliphatic rings. The Balaban J connectivity index is 1.93. The van der Waals surface area contributed by atoms with Gasteiger partial charge < -0.3 is 15.8 Å². The molecule has 0 bridgehead atoms. The lowest BCUT2D eigenvalue weighted by atomic mass is 9.76. The Morgan fingerprint density at radius 3 is 1.93 bits per heavy atom. The van der Waals surface area contributed by atoms with Crippen LogP contribution in [0.1, 0.15) is 48.1 Å². The highest BCUT2D eigenvalue weighted by Crippen LogP contribution is 2.40. The molecule has 0 aromatic heterocycles. The lowest BCUT2D eigenvalue weighted by Crippen LogP contribution is -2.70. The van der Waals surface area contributed by atoms with Crippen LogP contribution in [0.3, 0.4) is 0 Å². The van der Waals surface area contributed by atoms with Gasteiger partial charge in [0.1, 0.15) is 5.54 Å². The van der Waals surface area contributed by atoms with E-state index >= 15 is 0 Å². The molecule has 1 heterocycles. The van der Waals surface area contributed by atoms with Crippen molar-refractivity contribution in [1.29, 1.82) is 0 Å². The van der Waals surface area contributed by atoms with Crippen molar-refractivity contribution >= 4 is 15.9 Å². The molecule has 1 saturated heterocycles. The Bertz CT molecular complexity index is 1320. The number of halogens is 9. The number of nitrogens with two attached hydrogens (primary N) is 1. The largest absolute Gasteiger partial charge is 0.511 e. The Hall–Kier alpha value is -2.89. The van der Waals surface area contributed by atoms with Crippen molar-refractivity contribution in [1.82, 2.24) is 10.0 Å². The second kappa shape index (κ2) is 11.1. The number of hydrogen-bond donors (Lipinski definition) is 3. The van der Waals surface area contributed by atoms with E-state index in [9.17, 15) is 52.7 Å². The summed E-state index contributed by atoms with van der Waals surface area (Å²) in [5.41, 5.74) is -7.32. The average Bonchev–Trinajstić information content (AvgIpc) is 2.86. The maximum atomic E-state index is 13.3. The number of carbonyl (C=O) groups excluding carboxylic acids is 1. The quantitative estimate of drug-likeness (QED) is 0.369. The van der Waals surface area contributed by atoms with Crippen LogP contribution in [-0.2, 0) is 37.4 Å². The van der Waals surface area contributed by atoms with E-state index in [-0.39, 0.29) is 12.5 Å². The number of sulfonamides is 1. The maximum Gasteiger partial charge on any atom is 0.511 e. The molecular weight excluding hydrogens is 597 g/mol. The van der Waals surface area contributed by atoms with E-state index in [1.54, 1.807) is 30.3 Å². The first kappa shape index (κ1) is 32.6. The summed E-state index contributed by atoms with van der Waals surface area (Å²) >= 11 is 0. The van der Waals surface area contributed by atoms with Crippen LogP contribution in [0.15, 0.2) is 48.5 Å². The molecule has 4 N–H and O–H groups in total. The third-order valence-electron chi connectivity index (χ3n) is 6.80. The maximum absolute atomic E-state index is 13.3. The number of amides is 1. The van der Waals surface area contributed by atoms with Gasteiger partial charge in [0, 0.05) is 6.54 Å². The fourth-order valence-electron chi connectivity index (χ4n) is 4.37. The molecule has 3 atom stereocenters. The van der Waals surface area contributed by atoms with Crippen molar-refractivity contribution in [3.05, 3.63) is 70.8 Å². The average molecular weight is 622 g/mol. The van der Waals surface area contributed by atoms with Gasteiger partial charge in [-0.2, -0.15) is 44.2 Å². The van der Waals surface area contributed by atoms with Gasteiger partial charge in [-0.3, -0.25) is 4.79 Å². The summed E-state index contributed by atoms with van der Waals surface area (Å²) in [5.74, 6) is -1.41. The van der Waals surface area contributed by atoms with Crippen molar-refractivity contribution in [3.63, 3.8) is 0 Å². The monoisotopic (exact) mass is 621 g/mol. The molecule has 2 aromatic rings. The Morgan fingerprint density at radius 2 is 1.51 bits per heavy atom. The molecule has 2 aromatic carbocycles. The second-order valence-electron chi connectivity index (χ2n) is 9.59. The molecule has 7 nitrogen and oxygen atoms in total. The van der Waals surface area contributed by atoms with Crippen LogP contribution < -0.4 is 15.8 Å². The topological polar surface area (TPSA) is 111 Å². The zero-order chi connectivity index (χ0) is 31.1. The molecule has 1 aliphatic heterocycles. The van der Waals surface area contributed by atoms with E-state index in [0.717, 1.165) is 0 Å². The summed E-state index contributed by atoms with van der Waals surface area (Å²) in [6, 6.07) is 8.88. The van der Waals surface area contributed by atoms with E-state index in [1.165, 1.54) is 11.6 Å². The minimum atomic E-state index is -6.00. The molecule has 228 valence electrons. The molecule has 1 fully saturated rings. The van der Waals surface area contributed by atoms with Gasteiger partial charge in [0.15, 0.2) is 0 Å². The molecule has 41 heavy (non-hydrogen) atoms. The molecule has 0 radical (unpaired) electrons. The zero-order valence-corrected chi connectivity index (χ0v) is 21.9. The number of ether oxygens (including phenoxy) is 1. The predicted octanol–water partition coefficient (Wildman–Crippen LogP) is 4.74. The van der Waals surface area contributed by atoms with Gasteiger partial charge in [-0.05, 0) is 49.1 Å².